The monoisotopic (exact) mass is 207 g/mol. The Labute approximate surface area is 92.3 Å². The van der Waals surface area contributed by atoms with E-state index >= 15 is 0 Å². The molecule has 15 heavy (non-hydrogen) atoms. The Balaban J connectivity index is 2.92. The van der Waals surface area contributed by atoms with Crippen LogP contribution in [-0.2, 0) is 0 Å². The van der Waals surface area contributed by atoms with E-state index in [0.29, 0.717) is 5.92 Å². The number of nitrogens with two attached hydrogens (primary N) is 1. The van der Waals surface area contributed by atoms with Crippen molar-refractivity contribution in [1.29, 1.82) is 0 Å². The van der Waals surface area contributed by atoms with Gasteiger partial charge in [-0.15, -0.1) is 0 Å². The summed E-state index contributed by atoms with van der Waals surface area (Å²) in [4.78, 5) is 6.57. The molecule has 0 spiro atoms. The number of anilines is 1. The second-order valence-corrected chi connectivity index (χ2v) is 4.48. The molecule has 0 radical (unpaired) electrons. The van der Waals surface area contributed by atoms with Gasteiger partial charge in [0, 0.05) is 31.4 Å². The average molecular weight is 207 g/mol. The summed E-state index contributed by atoms with van der Waals surface area (Å²) in [6, 6.07) is 4.01. The second-order valence-electron chi connectivity index (χ2n) is 4.48. The highest BCUT2D eigenvalue weighted by Gasteiger charge is 2.12. The summed E-state index contributed by atoms with van der Waals surface area (Å²) in [5, 5.41) is 0. The molecule has 84 valence electrons. The topological polar surface area (TPSA) is 42.2 Å². The maximum Gasteiger partial charge on any atom is 0.133 e. The third kappa shape index (κ3) is 3.20. The van der Waals surface area contributed by atoms with Crippen LogP contribution in [-0.4, -0.2) is 18.6 Å². The van der Waals surface area contributed by atoms with Gasteiger partial charge < -0.3 is 10.6 Å². The lowest BCUT2D eigenvalue weighted by atomic mass is 10.1. The Kier molecular flexibility index (Phi) is 4.09. The first-order chi connectivity index (χ1) is 7.02. The van der Waals surface area contributed by atoms with Crippen molar-refractivity contribution >= 4 is 5.82 Å². The first-order valence-electron chi connectivity index (χ1n) is 5.44. The Morgan fingerprint density at radius 1 is 1.40 bits per heavy atom. The maximum absolute atomic E-state index is 5.92. The van der Waals surface area contributed by atoms with E-state index in [-0.39, 0.29) is 6.04 Å². The molecule has 1 rings (SSSR count). The van der Waals surface area contributed by atoms with Gasteiger partial charge in [-0.3, -0.25) is 0 Å². The molecule has 1 aromatic heterocycles. The van der Waals surface area contributed by atoms with Crippen molar-refractivity contribution < 1.29 is 0 Å². The zero-order chi connectivity index (χ0) is 11.4. The van der Waals surface area contributed by atoms with E-state index in [1.807, 2.05) is 25.3 Å². The van der Waals surface area contributed by atoms with Gasteiger partial charge in [0.25, 0.3) is 0 Å². The molecule has 0 aliphatic carbocycles. The van der Waals surface area contributed by atoms with Crippen molar-refractivity contribution in [3.05, 3.63) is 23.9 Å². The van der Waals surface area contributed by atoms with Crippen molar-refractivity contribution in [2.24, 2.45) is 11.7 Å². The van der Waals surface area contributed by atoms with Crippen molar-refractivity contribution in [3.8, 4) is 0 Å². The molecule has 1 heterocycles. The molecule has 0 aliphatic heterocycles. The number of aromatic nitrogens is 1. The van der Waals surface area contributed by atoms with Crippen LogP contribution in [0.1, 0.15) is 32.4 Å². The van der Waals surface area contributed by atoms with E-state index in [4.69, 9.17) is 5.73 Å². The fraction of sp³-hybridized carbons (Fsp3) is 0.583. The molecule has 0 amide bonds. The quantitative estimate of drug-likeness (QED) is 0.823. The molecule has 3 nitrogen and oxygen atoms in total. The van der Waals surface area contributed by atoms with Crippen LogP contribution in [0.3, 0.4) is 0 Å². The summed E-state index contributed by atoms with van der Waals surface area (Å²) in [6.07, 6.45) is 1.82. The molecule has 0 aromatic carbocycles. The molecule has 0 saturated heterocycles. The fourth-order valence-corrected chi connectivity index (χ4v) is 1.72. The number of nitrogens with zero attached hydrogens (tertiary/aromatic N) is 2. The lowest BCUT2D eigenvalue weighted by molar-refractivity contribution is 0.630. The summed E-state index contributed by atoms with van der Waals surface area (Å²) < 4.78 is 0. The summed E-state index contributed by atoms with van der Waals surface area (Å²) in [5.74, 6) is 1.62. The first kappa shape index (κ1) is 12.0. The molecule has 0 fully saturated rings. The highest BCUT2D eigenvalue weighted by Crippen LogP contribution is 2.21. The third-order valence-electron chi connectivity index (χ3n) is 2.31. The second kappa shape index (κ2) is 5.12. The van der Waals surface area contributed by atoms with Crippen molar-refractivity contribution in [2.45, 2.75) is 26.8 Å². The van der Waals surface area contributed by atoms with Crippen molar-refractivity contribution in [1.82, 2.24) is 4.98 Å². The van der Waals surface area contributed by atoms with Crippen LogP contribution in [0.2, 0.25) is 0 Å². The van der Waals surface area contributed by atoms with Gasteiger partial charge in [0.15, 0.2) is 0 Å². The van der Waals surface area contributed by atoms with Crippen LogP contribution >= 0.6 is 0 Å². The molecule has 0 saturated carbocycles. The maximum atomic E-state index is 5.92. The molecule has 2 N–H and O–H groups in total. The highest BCUT2D eigenvalue weighted by atomic mass is 15.2. The van der Waals surface area contributed by atoms with E-state index in [1.54, 1.807) is 0 Å². The van der Waals surface area contributed by atoms with E-state index in [9.17, 15) is 0 Å². The normalized spacial score (nSPS) is 12.9. The molecule has 0 unspecified atom stereocenters. The van der Waals surface area contributed by atoms with Gasteiger partial charge in [0.1, 0.15) is 5.82 Å². The SMILES string of the molecule is CC(C)CN(C)c1ncccc1[C@H](C)N. The standard InChI is InChI=1S/C12H21N3/c1-9(2)8-15(4)12-11(10(3)13)6-5-7-14-12/h5-7,9-10H,8,13H2,1-4H3/t10-/m0/s1. The van der Waals surface area contributed by atoms with Gasteiger partial charge in [0.05, 0.1) is 0 Å². The zero-order valence-corrected chi connectivity index (χ0v) is 10.1. The average Bonchev–Trinajstić information content (AvgIpc) is 2.16. The van der Waals surface area contributed by atoms with Crippen LogP contribution in [0.15, 0.2) is 18.3 Å². The molecule has 0 bridgehead atoms. The lowest BCUT2D eigenvalue weighted by Gasteiger charge is -2.24. The van der Waals surface area contributed by atoms with E-state index in [1.165, 1.54) is 0 Å². The Bertz CT molecular complexity index is 307. The minimum absolute atomic E-state index is 0.0308. The van der Waals surface area contributed by atoms with Gasteiger partial charge in [-0.05, 0) is 18.9 Å². The first-order valence-corrected chi connectivity index (χ1v) is 5.44. The minimum atomic E-state index is 0.0308. The van der Waals surface area contributed by atoms with Gasteiger partial charge in [-0.1, -0.05) is 19.9 Å². The minimum Gasteiger partial charge on any atom is -0.359 e. The molecular formula is C12H21N3. The molecule has 1 aromatic rings. The van der Waals surface area contributed by atoms with Crippen LogP contribution in [0.5, 0.6) is 0 Å². The number of hydrogen-bond donors (Lipinski definition) is 1. The van der Waals surface area contributed by atoms with Gasteiger partial charge >= 0.3 is 0 Å². The largest absolute Gasteiger partial charge is 0.359 e. The van der Waals surface area contributed by atoms with Crippen molar-refractivity contribution in [2.75, 3.05) is 18.5 Å². The smallest absolute Gasteiger partial charge is 0.133 e. The number of pyridine rings is 1. The summed E-state index contributed by atoms with van der Waals surface area (Å²) in [5.41, 5.74) is 7.03. The summed E-state index contributed by atoms with van der Waals surface area (Å²) >= 11 is 0. The molecule has 3 heteroatoms. The Hall–Kier alpha value is -1.09. The Morgan fingerprint density at radius 2 is 2.07 bits per heavy atom. The molecular weight excluding hydrogens is 186 g/mol. The van der Waals surface area contributed by atoms with Crippen LogP contribution in [0, 0.1) is 5.92 Å². The van der Waals surface area contributed by atoms with Crippen LogP contribution in [0.25, 0.3) is 0 Å². The Morgan fingerprint density at radius 3 is 2.60 bits per heavy atom. The highest BCUT2D eigenvalue weighted by molar-refractivity contribution is 5.47. The summed E-state index contributed by atoms with van der Waals surface area (Å²) in [6.45, 7) is 7.39. The van der Waals surface area contributed by atoms with E-state index < -0.39 is 0 Å². The van der Waals surface area contributed by atoms with Gasteiger partial charge in [0.2, 0.25) is 0 Å². The molecule has 0 aliphatic rings. The van der Waals surface area contributed by atoms with Crippen LogP contribution in [0.4, 0.5) is 5.82 Å². The van der Waals surface area contributed by atoms with E-state index in [0.717, 1.165) is 17.9 Å². The lowest BCUT2D eigenvalue weighted by Crippen LogP contribution is -2.25. The van der Waals surface area contributed by atoms with Crippen molar-refractivity contribution in [3.63, 3.8) is 0 Å². The third-order valence-corrected chi connectivity index (χ3v) is 2.31. The zero-order valence-electron chi connectivity index (χ0n) is 10.1. The van der Waals surface area contributed by atoms with Gasteiger partial charge in [-0.25, -0.2) is 4.98 Å². The number of rotatable bonds is 4. The van der Waals surface area contributed by atoms with Crippen LogP contribution < -0.4 is 10.6 Å². The van der Waals surface area contributed by atoms with E-state index in [2.05, 4.69) is 30.8 Å². The predicted octanol–water partition coefficient (Wildman–Crippen LogP) is 2.19. The predicted molar refractivity (Wildman–Crippen MR) is 64.9 cm³/mol. The van der Waals surface area contributed by atoms with Gasteiger partial charge in [-0.2, -0.15) is 0 Å². The molecule has 1 atom stereocenters. The number of hydrogen-bond acceptors (Lipinski definition) is 3. The summed E-state index contributed by atoms with van der Waals surface area (Å²) in [7, 11) is 2.06. The fourth-order valence-electron chi connectivity index (χ4n) is 1.72.